The Morgan fingerprint density at radius 2 is 2.14 bits per heavy atom. The second-order valence-electron chi connectivity index (χ2n) is 5.17. The van der Waals surface area contributed by atoms with Gasteiger partial charge in [-0.1, -0.05) is 12.1 Å². The average Bonchev–Trinajstić information content (AvgIpc) is 3.13. The highest BCUT2D eigenvalue weighted by Crippen LogP contribution is 2.25. The molecule has 1 saturated heterocycles. The third-order valence-corrected chi connectivity index (χ3v) is 3.71. The first-order chi connectivity index (χ1) is 10.6. The van der Waals surface area contributed by atoms with Crippen LogP contribution in [0, 0.1) is 5.82 Å². The van der Waals surface area contributed by atoms with Gasteiger partial charge in [0.25, 0.3) is 5.91 Å². The van der Waals surface area contributed by atoms with E-state index in [-0.39, 0.29) is 24.7 Å². The average molecular weight is 307 g/mol. The Labute approximate surface area is 126 Å². The van der Waals surface area contributed by atoms with Crippen LogP contribution in [-0.4, -0.2) is 43.3 Å². The summed E-state index contributed by atoms with van der Waals surface area (Å²) in [6, 6.07) is 9.00. The Morgan fingerprint density at radius 1 is 1.32 bits per heavy atom. The molecule has 0 spiro atoms. The summed E-state index contributed by atoms with van der Waals surface area (Å²) in [5.74, 6) is -0.292. The highest BCUT2D eigenvalue weighted by molar-refractivity contribution is 5.92. The Hall–Kier alpha value is -2.21. The number of furan rings is 1. The lowest BCUT2D eigenvalue weighted by molar-refractivity contribution is 0.0588. The molecule has 4 nitrogen and oxygen atoms in total. The van der Waals surface area contributed by atoms with Gasteiger partial charge < -0.3 is 14.1 Å². The van der Waals surface area contributed by atoms with Gasteiger partial charge in [0.15, 0.2) is 5.76 Å². The standard InChI is InChI=1S/C16H15F2NO3/c1-21-15-9-19(8-12(15)18)16(20)14-6-5-13(22-14)10-3-2-4-11(17)7-10/h2-7,12,15H,8-9H2,1H3/t12-,15-/m0/s1. The second kappa shape index (κ2) is 5.88. The Morgan fingerprint density at radius 3 is 2.82 bits per heavy atom. The zero-order valence-electron chi connectivity index (χ0n) is 12.0. The molecule has 1 aromatic carbocycles. The summed E-state index contributed by atoms with van der Waals surface area (Å²) in [5, 5.41) is 0. The Kier molecular flexibility index (Phi) is 3.94. The Bertz CT molecular complexity index is 686. The number of likely N-dealkylation sites (tertiary alicyclic amines) is 1. The van der Waals surface area contributed by atoms with E-state index in [0.717, 1.165) is 0 Å². The minimum atomic E-state index is -1.20. The van der Waals surface area contributed by atoms with Gasteiger partial charge in [0.1, 0.15) is 23.9 Å². The van der Waals surface area contributed by atoms with E-state index in [0.29, 0.717) is 11.3 Å². The fraction of sp³-hybridized carbons (Fsp3) is 0.312. The van der Waals surface area contributed by atoms with Crippen molar-refractivity contribution in [1.29, 1.82) is 0 Å². The number of rotatable bonds is 3. The minimum Gasteiger partial charge on any atom is -0.451 e. The molecule has 0 radical (unpaired) electrons. The van der Waals surface area contributed by atoms with E-state index in [1.54, 1.807) is 18.2 Å². The third-order valence-electron chi connectivity index (χ3n) is 3.71. The summed E-state index contributed by atoms with van der Waals surface area (Å²) in [6.07, 6.45) is -1.81. The van der Waals surface area contributed by atoms with Gasteiger partial charge in [-0.05, 0) is 24.3 Å². The third kappa shape index (κ3) is 2.74. The first-order valence-corrected chi connectivity index (χ1v) is 6.90. The molecule has 0 saturated carbocycles. The van der Waals surface area contributed by atoms with Crippen molar-refractivity contribution in [1.82, 2.24) is 4.90 Å². The summed E-state index contributed by atoms with van der Waals surface area (Å²) >= 11 is 0. The SMILES string of the molecule is CO[C@H]1CN(C(=O)c2ccc(-c3cccc(F)c3)o2)C[C@@H]1F. The number of hydrogen-bond acceptors (Lipinski definition) is 3. The summed E-state index contributed by atoms with van der Waals surface area (Å²) in [4.78, 5) is 13.7. The van der Waals surface area contributed by atoms with E-state index in [9.17, 15) is 13.6 Å². The highest BCUT2D eigenvalue weighted by atomic mass is 19.1. The van der Waals surface area contributed by atoms with E-state index in [2.05, 4.69) is 0 Å². The maximum absolute atomic E-state index is 13.6. The molecule has 116 valence electrons. The van der Waals surface area contributed by atoms with Crippen molar-refractivity contribution >= 4 is 5.91 Å². The molecule has 1 aliphatic rings. The number of carbonyl (C=O) groups excluding carboxylic acids is 1. The van der Waals surface area contributed by atoms with Gasteiger partial charge in [-0.15, -0.1) is 0 Å². The highest BCUT2D eigenvalue weighted by Gasteiger charge is 2.36. The van der Waals surface area contributed by atoms with Crippen LogP contribution in [0.3, 0.4) is 0 Å². The van der Waals surface area contributed by atoms with Crippen molar-refractivity contribution in [2.24, 2.45) is 0 Å². The van der Waals surface area contributed by atoms with Crippen LogP contribution in [0.1, 0.15) is 10.6 Å². The predicted octanol–water partition coefficient (Wildman–Crippen LogP) is 2.89. The molecule has 6 heteroatoms. The van der Waals surface area contributed by atoms with E-state index >= 15 is 0 Å². The van der Waals surface area contributed by atoms with Crippen LogP contribution in [0.2, 0.25) is 0 Å². The Balaban J connectivity index is 1.78. The summed E-state index contributed by atoms with van der Waals surface area (Å²) < 4.78 is 37.3. The molecule has 2 aromatic rings. The molecule has 3 rings (SSSR count). The molecule has 22 heavy (non-hydrogen) atoms. The van der Waals surface area contributed by atoms with Gasteiger partial charge in [0.2, 0.25) is 0 Å². The maximum Gasteiger partial charge on any atom is 0.289 e. The van der Waals surface area contributed by atoms with Crippen molar-refractivity contribution in [3.8, 4) is 11.3 Å². The fourth-order valence-corrected chi connectivity index (χ4v) is 2.53. The maximum atomic E-state index is 13.6. The first kappa shape index (κ1) is 14.7. The molecule has 0 aliphatic carbocycles. The largest absolute Gasteiger partial charge is 0.451 e. The summed E-state index contributed by atoms with van der Waals surface area (Å²) in [7, 11) is 1.42. The number of alkyl halides is 1. The molecule has 2 atom stereocenters. The van der Waals surface area contributed by atoms with Crippen molar-refractivity contribution in [3.63, 3.8) is 0 Å². The van der Waals surface area contributed by atoms with Crippen LogP contribution in [0.5, 0.6) is 0 Å². The van der Waals surface area contributed by atoms with Gasteiger partial charge in [-0.25, -0.2) is 8.78 Å². The zero-order valence-corrected chi connectivity index (χ0v) is 12.0. The smallest absolute Gasteiger partial charge is 0.289 e. The minimum absolute atomic E-state index is 0.0205. The number of hydrogen-bond donors (Lipinski definition) is 0. The number of ether oxygens (including phenoxy) is 1. The van der Waals surface area contributed by atoms with E-state index in [1.807, 2.05) is 0 Å². The van der Waals surface area contributed by atoms with E-state index in [1.165, 1.54) is 30.2 Å². The van der Waals surface area contributed by atoms with Crippen molar-refractivity contribution in [2.45, 2.75) is 12.3 Å². The van der Waals surface area contributed by atoms with Crippen molar-refractivity contribution in [3.05, 3.63) is 48.0 Å². The number of carbonyl (C=O) groups is 1. The van der Waals surface area contributed by atoms with Crippen LogP contribution in [0.25, 0.3) is 11.3 Å². The molecule has 0 unspecified atom stereocenters. The molecular weight excluding hydrogens is 292 g/mol. The lowest BCUT2D eigenvalue weighted by Crippen LogP contribution is -2.29. The summed E-state index contributed by atoms with van der Waals surface area (Å²) in [6.45, 7) is 0.167. The first-order valence-electron chi connectivity index (χ1n) is 6.90. The predicted molar refractivity (Wildman–Crippen MR) is 75.7 cm³/mol. The molecule has 2 heterocycles. The topological polar surface area (TPSA) is 42.7 Å². The van der Waals surface area contributed by atoms with E-state index in [4.69, 9.17) is 9.15 Å². The van der Waals surface area contributed by atoms with Gasteiger partial charge in [-0.3, -0.25) is 4.79 Å². The molecule has 0 bridgehead atoms. The van der Waals surface area contributed by atoms with Gasteiger partial charge >= 0.3 is 0 Å². The van der Waals surface area contributed by atoms with Crippen LogP contribution in [0.4, 0.5) is 8.78 Å². The summed E-state index contributed by atoms with van der Waals surface area (Å²) in [5.41, 5.74) is 0.540. The fourth-order valence-electron chi connectivity index (χ4n) is 2.53. The van der Waals surface area contributed by atoms with Crippen LogP contribution in [0.15, 0.2) is 40.8 Å². The lowest BCUT2D eigenvalue weighted by atomic mass is 10.2. The number of amides is 1. The van der Waals surface area contributed by atoms with Crippen LogP contribution < -0.4 is 0 Å². The van der Waals surface area contributed by atoms with Gasteiger partial charge in [-0.2, -0.15) is 0 Å². The molecule has 1 fully saturated rings. The monoisotopic (exact) mass is 307 g/mol. The number of methoxy groups -OCH3 is 1. The van der Waals surface area contributed by atoms with Crippen LogP contribution in [-0.2, 0) is 4.74 Å². The molecule has 1 aliphatic heterocycles. The second-order valence-corrected chi connectivity index (χ2v) is 5.17. The quantitative estimate of drug-likeness (QED) is 0.875. The normalized spacial score (nSPS) is 21.3. The molecular formula is C16H15F2NO3. The van der Waals surface area contributed by atoms with Gasteiger partial charge in [0.05, 0.1) is 13.1 Å². The number of halogens is 2. The van der Waals surface area contributed by atoms with Gasteiger partial charge in [0, 0.05) is 12.7 Å². The van der Waals surface area contributed by atoms with Crippen molar-refractivity contribution < 1.29 is 22.7 Å². The number of benzene rings is 1. The molecule has 1 amide bonds. The lowest BCUT2D eigenvalue weighted by Gasteiger charge is -2.13. The zero-order chi connectivity index (χ0) is 15.7. The molecule has 0 N–H and O–H groups in total. The van der Waals surface area contributed by atoms with Crippen LogP contribution >= 0.6 is 0 Å². The number of nitrogens with zero attached hydrogens (tertiary/aromatic N) is 1. The van der Waals surface area contributed by atoms with Crippen molar-refractivity contribution in [2.75, 3.05) is 20.2 Å². The molecule has 1 aromatic heterocycles. The van der Waals surface area contributed by atoms with E-state index < -0.39 is 18.2 Å².